The lowest BCUT2D eigenvalue weighted by molar-refractivity contribution is 0.431. The highest BCUT2D eigenvalue weighted by Gasteiger charge is 2.05. The summed E-state index contributed by atoms with van der Waals surface area (Å²) >= 11 is 5.72. The van der Waals surface area contributed by atoms with Gasteiger partial charge >= 0.3 is 0 Å². The van der Waals surface area contributed by atoms with Crippen LogP contribution in [0.1, 0.15) is 39.5 Å². The van der Waals surface area contributed by atoms with Crippen LogP contribution in [0.4, 0.5) is 0 Å². The zero-order valence-electron chi connectivity index (χ0n) is 8.41. The summed E-state index contributed by atoms with van der Waals surface area (Å²) in [5.74, 6) is 1.59. The molecule has 1 nitrogen and oxygen atoms in total. The van der Waals surface area contributed by atoms with Crippen LogP contribution in [-0.4, -0.2) is 19.0 Å². The summed E-state index contributed by atoms with van der Waals surface area (Å²) < 4.78 is 0. The van der Waals surface area contributed by atoms with Crippen molar-refractivity contribution in [3.63, 3.8) is 0 Å². The molecule has 0 fully saturated rings. The number of halogens is 1. The zero-order valence-corrected chi connectivity index (χ0v) is 9.16. The van der Waals surface area contributed by atoms with Gasteiger partial charge in [0, 0.05) is 5.88 Å². The van der Waals surface area contributed by atoms with Crippen molar-refractivity contribution >= 4 is 11.6 Å². The Morgan fingerprint density at radius 2 is 1.92 bits per heavy atom. The Bertz CT molecular complexity index is 79.9. The molecule has 0 aliphatic carbocycles. The van der Waals surface area contributed by atoms with E-state index in [0.29, 0.717) is 0 Å². The van der Waals surface area contributed by atoms with E-state index in [2.05, 4.69) is 19.2 Å². The maximum atomic E-state index is 5.72. The second-order valence-corrected chi connectivity index (χ2v) is 3.71. The molecule has 0 rings (SSSR count). The Hall–Kier alpha value is 0.250. The molecule has 2 heteroatoms. The van der Waals surface area contributed by atoms with Crippen molar-refractivity contribution < 1.29 is 0 Å². The summed E-state index contributed by atoms with van der Waals surface area (Å²) in [4.78, 5) is 0. The fourth-order valence-corrected chi connectivity index (χ4v) is 1.70. The van der Waals surface area contributed by atoms with Crippen molar-refractivity contribution in [2.45, 2.75) is 39.5 Å². The summed E-state index contributed by atoms with van der Waals surface area (Å²) in [5.41, 5.74) is 0. The molecule has 0 saturated heterocycles. The lowest BCUT2D eigenvalue weighted by Gasteiger charge is -2.14. The first-order chi connectivity index (χ1) is 5.85. The molecule has 0 radical (unpaired) electrons. The van der Waals surface area contributed by atoms with Gasteiger partial charge in [-0.2, -0.15) is 0 Å². The second kappa shape index (κ2) is 9.34. The van der Waals surface area contributed by atoms with Gasteiger partial charge in [-0.25, -0.2) is 0 Å². The molecule has 1 unspecified atom stereocenters. The normalized spacial score (nSPS) is 13.2. The molecule has 12 heavy (non-hydrogen) atoms. The van der Waals surface area contributed by atoms with Gasteiger partial charge in [-0.1, -0.05) is 20.3 Å². The highest BCUT2D eigenvalue weighted by Crippen LogP contribution is 2.10. The monoisotopic (exact) mass is 191 g/mol. The minimum atomic E-state index is 0.791. The number of hydrogen-bond acceptors (Lipinski definition) is 1. The Labute approximate surface area is 81.9 Å². The van der Waals surface area contributed by atoms with E-state index in [4.69, 9.17) is 11.6 Å². The van der Waals surface area contributed by atoms with E-state index < -0.39 is 0 Å². The average Bonchev–Trinajstić information content (AvgIpc) is 2.06. The molecule has 0 aliphatic heterocycles. The summed E-state index contributed by atoms with van der Waals surface area (Å²) in [6.07, 6.45) is 4.96. The maximum absolute atomic E-state index is 5.72. The maximum Gasteiger partial charge on any atom is 0.0226 e. The standard InChI is InChI=1S/C10H22ClN/c1-3-5-10(6-7-11)9-12-8-4-2/h10,12H,3-9H2,1-2H3. The van der Waals surface area contributed by atoms with Crippen molar-refractivity contribution in [3.05, 3.63) is 0 Å². The fraction of sp³-hybridized carbons (Fsp3) is 1.00. The first-order valence-corrected chi connectivity index (χ1v) is 5.65. The van der Waals surface area contributed by atoms with E-state index in [-0.39, 0.29) is 0 Å². The molecule has 0 aromatic heterocycles. The van der Waals surface area contributed by atoms with Gasteiger partial charge in [-0.15, -0.1) is 11.6 Å². The minimum absolute atomic E-state index is 0.791. The first-order valence-electron chi connectivity index (χ1n) is 5.11. The Morgan fingerprint density at radius 1 is 1.17 bits per heavy atom. The van der Waals surface area contributed by atoms with Crippen LogP contribution >= 0.6 is 11.6 Å². The molecule has 0 aromatic rings. The van der Waals surface area contributed by atoms with Gasteiger partial charge in [0.1, 0.15) is 0 Å². The van der Waals surface area contributed by atoms with Crippen molar-refractivity contribution in [2.24, 2.45) is 5.92 Å². The predicted molar refractivity (Wildman–Crippen MR) is 56.9 cm³/mol. The van der Waals surface area contributed by atoms with Gasteiger partial charge in [-0.3, -0.25) is 0 Å². The number of alkyl halides is 1. The van der Waals surface area contributed by atoms with E-state index >= 15 is 0 Å². The average molecular weight is 192 g/mol. The molecule has 0 saturated carbocycles. The summed E-state index contributed by atoms with van der Waals surface area (Å²) in [5, 5.41) is 3.45. The van der Waals surface area contributed by atoms with Crippen LogP contribution < -0.4 is 5.32 Å². The van der Waals surface area contributed by atoms with Gasteiger partial charge in [0.25, 0.3) is 0 Å². The van der Waals surface area contributed by atoms with Crippen LogP contribution in [0, 0.1) is 5.92 Å². The molecular formula is C10H22ClN. The van der Waals surface area contributed by atoms with Gasteiger partial charge < -0.3 is 5.32 Å². The Balaban J connectivity index is 3.34. The van der Waals surface area contributed by atoms with Crippen LogP contribution in [0.3, 0.4) is 0 Å². The number of nitrogens with one attached hydrogen (secondary N) is 1. The highest BCUT2D eigenvalue weighted by molar-refractivity contribution is 6.17. The zero-order chi connectivity index (χ0) is 9.23. The van der Waals surface area contributed by atoms with Crippen LogP contribution in [0.2, 0.25) is 0 Å². The molecule has 0 aliphatic rings. The molecule has 0 heterocycles. The van der Waals surface area contributed by atoms with E-state index in [1.165, 1.54) is 19.3 Å². The highest BCUT2D eigenvalue weighted by atomic mass is 35.5. The fourth-order valence-electron chi connectivity index (χ4n) is 1.39. The summed E-state index contributed by atoms with van der Waals surface area (Å²) in [7, 11) is 0. The van der Waals surface area contributed by atoms with Crippen LogP contribution in [0.5, 0.6) is 0 Å². The smallest absolute Gasteiger partial charge is 0.0226 e. The van der Waals surface area contributed by atoms with Gasteiger partial charge in [-0.05, 0) is 38.3 Å². The molecular weight excluding hydrogens is 170 g/mol. The van der Waals surface area contributed by atoms with Crippen molar-refractivity contribution in [2.75, 3.05) is 19.0 Å². The topological polar surface area (TPSA) is 12.0 Å². The molecule has 0 spiro atoms. The first kappa shape index (κ1) is 12.2. The van der Waals surface area contributed by atoms with E-state index in [9.17, 15) is 0 Å². The third kappa shape index (κ3) is 6.93. The predicted octanol–water partition coefficient (Wildman–Crippen LogP) is 3.03. The SMILES string of the molecule is CCCNCC(CCC)CCCl. The third-order valence-corrected chi connectivity index (χ3v) is 2.29. The quantitative estimate of drug-likeness (QED) is 0.460. The molecule has 0 aromatic carbocycles. The summed E-state index contributed by atoms with van der Waals surface area (Å²) in [6.45, 7) is 6.72. The van der Waals surface area contributed by atoms with Gasteiger partial charge in [0.15, 0.2) is 0 Å². The van der Waals surface area contributed by atoms with E-state index in [1.54, 1.807) is 0 Å². The van der Waals surface area contributed by atoms with Crippen molar-refractivity contribution in [1.29, 1.82) is 0 Å². The Kier molecular flexibility index (Phi) is 9.53. The number of hydrogen-bond donors (Lipinski definition) is 1. The molecule has 1 N–H and O–H groups in total. The minimum Gasteiger partial charge on any atom is -0.316 e. The second-order valence-electron chi connectivity index (χ2n) is 3.34. The van der Waals surface area contributed by atoms with E-state index in [0.717, 1.165) is 31.3 Å². The Morgan fingerprint density at radius 3 is 2.42 bits per heavy atom. The van der Waals surface area contributed by atoms with Crippen molar-refractivity contribution in [1.82, 2.24) is 5.32 Å². The summed E-state index contributed by atoms with van der Waals surface area (Å²) in [6, 6.07) is 0. The lowest BCUT2D eigenvalue weighted by atomic mass is 10.0. The van der Waals surface area contributed by atoms with E-state index in [1.807, 2.05) is 0 Å². The van der Waals surface area contributed by atoms with Crippen LogP contribution in [0.25, 0.3) is 0 Å². The van der Waals surface area contributed by atoms with Gasteiger partial charge in [0.05, 0.1) is 0 Å². The molecule has 0 amide bonds. The third-order valence-electron chi connectivity index (χ3n) is 2.07. The largest absolute Gasteiger partial charge is 0.316 e. The van der Waals surface area contributed by atoms with Crippen LogP contribution in [-0.2, 0) is 0 Å². The van der Waals surface area contributed by atoms with Gasteiger partial charge in [0.2, 0.25) is 0 Å². The van der Waals surface area contributed by atoms with Crippen molar-refractivity contribution in [3.8, 4) is 0 Å². The molecule has 1 atom stereocenters. The lowest BCUT2D eigenvalue weighted by Crippen LogP contribution is -2.23. The molecule has 0 bridgehead atoms. The molecule has 74 valence electrons. The number of rotatable bonds is 8. The van der Waals surface area contributed by atoms with Crippen LogP contribution in [0.15, 0.2) is 0 Å².